The van der Waals surface area contributed by atoms with E-state index in [0.29, 0.717) is 42.7 Å². The number of carbonyl (C=O) groups excluding carboxylic acids is 1. The second kappa shape index (κ2) is 11.7. The molecular formula is C25H35F2N3O3S2. The van der Waals surface area contributed by atoms with Crippen LogP contribution in [0.15, 0.2) is 6.20 Å². The molecule has 0 saturated heterocycles. The molecule has 0 radical (unpaired) electrons. The Morgan fingerprint density at radius 3 is 2.69 bits per heavy atom. The topological polar surface area (TPSA) is 75.6 Å². The smallest absolute Gasteiger partial charge is 0.278 e. The quantitative estimate of drug-likeness (QED) is 0.456. The van der Waals surface area contributed by atoms with Gasteiger partial charge in [-0.15, -0.1) is 11.3 Å². The fourth-order valence-corrected chi connectivity index (χ4v) is 6.86. The number of β-amino-alcohol motifs (C(OH)–C–C–N with tert-alkyl or cyclic N) is 1. The minimum atomic E-state index is -2.91. The van der Waals surface area contributed by atoms with Gasteiger partial charge >= 0.3 is 0 Å². The molecule has 194 valence electrons. The SMILES string of the molecule is Cc1ncc(CC(=O)CC2CCC(CCN3CCc4sc(OCC(C)(F)F)nc4C(O)C3)CC2)s1. The number of carbonyl (C=O) groups is 1. The third-order valence-corrected chi connectivity index (χ3v) is 8.89. The highest BCUT2D eigenvalue weighted by Gasteiger charge is 2.29. The molecule has 6 nitrogen and oxygen atoms in total. The van der Waals surface area contributed by atoms with Gasteiger partial charge in [0, 0.05) is 48.8 Å². The van der Waals surface area contributed by atoms with Gasteiger partial charge in [0.05, 0.1) is 10.7 Å². The maximum Gasteiger partial charge on any atom is 0.278 e. The molecule has 35 heavy (non-hydrogen) atoms. The lowest BCUT2D eigenvalue weighted by Crippen LogP contribution is -2.31. The molecule has 1 atom stereocenters. The lowest BCUT2D eigenvalue weighted by molar-refractivity contribution is -0.119. The highest BCUT2D eigenvalue weighted by molar-refractivity contribution is 7.13. The highest BCUT2D eigenvalue weighted by Crippen LogP contribution is 2.35. The van der Waals surface area contributed by atoms with Crippen LogP contribution in [0.5, 0.6) is 5.19 Å². The van der Waals surface area contributed by atoms with Crippen LogP contribution in [0.25, 0.3) is 0 Å². The molecule has 0 bridgehead atoms. The predicted octanol–water partition coefficient (Wildman–Crippen LogP) is 5.23. The summed E-state index contributed by atoms with van der Waals surface area (Å²) < 4.78 is 31.3. The number of nitrogens with zero attached hydrogens (tertiary/aromatic N) is 3. The number of aliphatic hydroxyl groups is 1. The van der Waals surface area contributed by atoms with E-state index < -0.39 is 18.6 Å². The van der Waals surface area contributed by atoms with E-state index in [0.717, 1.165) is 73.3 Å². The van der Waals surface area contributed by atoms with Crippen molar-refractivity contribution in [3.63, 3.8) is 0 Å². The first-order valence-electron chi connectivity index (χ1n) is 12.5. The average molecular weight is 528 g/mol. The maximum absolute atomic E-state index is 13.1. The summed E-state index contributed by atoms with van der Waals surface area (Å²) in [7, 11) is 0. The van der Waals surface area contributed by atoms with Crippen LogP contribution in [0.2, 0.25) is 0 Å². The molecule has 1 N–H and O–H groups in total. The predicted molar refractivity (Wildman–Crippen MR) is 134 cm³/mol. The normalized spacial score (nSPS) is 23.6. The Morgan fingerprint density at radius 2 is 2.00 bits per heavy atom. The van der Waals surface area contributed by atoms with Gasteiger partial charge in [0.1, 0.15) is 11.9 Å². The van der Waals surface area contributed by atoms with Crippen LogP contribution < -0.4 is 4.74 Å². The average Bonchev–Trinajstić information content (AvgIpc) is 3.36. The summed E-state index contributed by atoms with van der Waals surface area (Å²) in [6, 6.07) is 0. The van der Waals surface area contributed by atoms with Gasteiger partial charge in [-0.1, -0.05) is 24.2 Å². The first-order chi connectivity index (χ1) is 16.6. The van der Waals surface area contributed by atoms with Crippen LogP contribution in [0, 0.1) is 18.8 Å². The Hall–Kier alpha value is -1.49. The van der Waals surface area contributed by atoms with Crippen LogP contribution >= 0.6 is 22.7 Å². The summed E-state index contributed by atoms with van der Waals surface area (Å²) in [6.45, 7) is 4.32. The molecule has 1 aliphatic heterocycles. The Bertz CT molecular complexity index is 983. The summed E-state index contributed by atoms with van der Waals surface area (Å²) in [5, 5.41) is 11.9. The maximum atomic E-state index is 13.1. The number of fused-ring (bicyclic) bond motifs is 1. The number of Topliss-reactive ketones (excluding diaryl/α,β-unsaturated/α-hetero) is 1. The van der Waals surface area contributed by atoms with Crippen LogP contribution in [0.4, 0.5) is 8.78 Å². The van der Waals surface area contributed by atoms with Gasteiger partial charge in [-0.25, -0.2) is 18.7 Å². The van der Waals surface area contributed by atoms with Crippen molar-refractivity contribution in [2.24, 2.45) is 11.8 Å². The molecular weight excluding hydrogens is 492 g/mol. The second-order valence-electron chi connectivity index (χ2n) is 10.2. The first kappa shape index (κ1) is 26.6. The Labute approximate surface area is 213 Å². The van der Waals surface area contributed by atoms with E-state index in [-0.39, 0.29) is 5.19 Å². The second-order valence-corrected chi connectivity index (χ2v) is 12.5. The summed E-state index contributed by atoms with van der Waals surface area (Å²) >= 11 is 2.87. The number of aryl methyl sites for hydroxylation is 1. The van der Waals surface area contributed by atoms with Crippen molar-refractivity contribution >= 4 is 28.5 Å². The standard InChI is InChI=1S/C25H35F2N3O3S2/c1-16-28-13-20(34-16)12-19(31)11-18-5-3-17(4-6-18)7-9-30-10-8-22-23(21(32)14-30)29-24(35-22)33-15-25(2,26)27/h13,17-18,21,32H,3-12,14-15H2,1-2H3. The van der Waals surface area contributed by atoms with Gasteiger partial charge in [0.2, 0.25) is 0 Å². The molecule has 1 fully saturated rings. The van der Waals surface area contributed by atoms with Crippen molar-refractivity contribution in [3.8, 4) is 5.19 Å². The number of ketones is 1. The number of halogens is 2. The number of aliphatic hydroxyl groups excluding tert-OH is 1. The summed E-state index contributed by atoms with van der Waals surface area (Å²) in [4.78, 5) is 25.2. The number of thiazole rings is 2. The van der Waals surface area contributed by atoms with Gasteiger partial charge in [0.25, 0.3) is 11.1 Å². The van der Waals surface area contributed by atoms with Gasteiger partial charge in [-0.2, -0.15) is 0 Å². The van der Waals surface area contributed by atoms with Crippen LogP contribution in [-0.2, 0) is 17.6 Å². The van der Waals surface area contributed by atoms with Gasteiger partial charge in [-0.3, -0.25) is 9.69 Å². The minimum absolute atomic E-state index is 0.210. The largest absolute Gasteiger partial charge is 0.464 e. The summed E-state index contributed by atoms with van der Waals surface area (Å²) in [5.41, 5.74) is 0.575. The molecule has 3 heterocycles. The Kier molecular flexibility index (Phi) is 8.89. The molecule has 0 amide bonds. The van der Waals surface area contributed by atoms with E-state index in [1.807, 2.05) is 13.1 Å². The molecule has 0 aromatic carbocycles. The van der Waals surface area contributed by atoms with Crippen LogP contribution in [0.3, 0.4) is 0 Å². The van der Waals surface area contributed by atoms with Crippen LogP contribution in [0.1, 0.15) is 72.0 Å². The van der Waals surface area contributed by atoms with E-state index in [2.05, 4.69) is 14.9 Å². The highest BCUT2D eigenvalue weighted by atomic mass is 32.1. The Balaban J connectivity index is 1.16. The molecule has 4 rings (SSSR count). The zero-order chi connectivity index (χ0) is 25.0. The zero-order valence-corrected chi connectivity index (χ0v) is 22.1. The third kappa shape index (κ3) is 8.00. The molecule has 1 unspecified atom stereocenters. The zero-order valence-electron chi connectivity index (χ0n) is 20.5. The number of alkyl halides is 2. The van der Waals surface area contributed by atoms with E-state index in [1.54, 1.807) is 11.3 Å². The van der Waals surface area contributed by atoms with Crippen molar-refractivity contribution in [1.29, 1.82) is 0 Å². The molecule has 0 spiro atoms. The lowest BCUT2D eigenvalue weighted by Gasteiger charge is -2.30. The van der Waals surface area contributed by atoms with Gasteiger partial charge in [0.15, 0.2) is 6.61 Å². The van der Waals surface area contributed by atoms with Gasteiger partial charge < -0.3 is 9.84 Å². The van der Waals surface area contributed by atoms with Crippen molar-refractivity contribution < 1.29 is 23.4 Å². The first-order valence-corrected chi connectivity index (χ1v) is 14.1. The summed E-state index contributed by atoms with van der Waals surface area (Å²) in [5.74, 6) is -1.42. The number of hydrogen-bond acceptors (Lipinski definition) is 8. The summed E-state index contributed by atoms with van der Waals surface area (Å²) in [6.07, 6.45) is 8.66. The van der Waals surface area contributed by atoms with Crippen LogP contribution in [-0.4, -0.2) is 57.9 Å². The van der Waals surface area contributed by atoms with E-state index >= 15 is 0 Å². The fourth-order valence-electron chi connectivity index (χ4n) is 5.08. The fraction of sp³-hybridized carbons (Fsp3) is 0.720. The third-order valence-electron chi connectivity index (χ3n) is 6.94. The van der Waals surface area contributed by atoms with E-state index in [9.17, 15) is 18.7 Å². The van der Waals surface area contributed by atoms with E-state index in [4.69, 9.17) is 4.74 Å². The molecule has 10 heteroatoms. The number of hydrogen-bond donors (Lipinski definition) is 1. The lowest BCUT2D eigenvalue weighted by atomic mass is 9.78. The molecule has 2 aromatic heterocycles. The van der Waals surface area contributed by atoms with Gasteiger partial charge in [-0.05, 0) is 51.0 Å². The monoisotopic (exact) mass is 527 g/mol. The van der Waals surface area contributed by atoms with E-state index in [1.165, 1.54) is 11.3 Å². The minimum Gasteiger partial charge on any atom is -0.464 e. The molecule has 1 aliphatic carbocycles. The van der Waals surface area contributed by atoms with Crippen molar-refractivity contribution in [2.75, 3.05) is 26.2 Å². The van der Waals surface area contributed by atoms with Crippen molar-refractivity contribution in [2.45, 2.75) is 77.2 Å². The number of aromatic nitrogens is 2. The number of rotatable bonds is 10. The van der Waals surface area contributed by atoms with Crippen molar-refractivity contribution in [3.05, 3.63) is 26.7 Å². The Morgan fingerprint density at radius 1 is 1.26 bits per heavy atom. The molecule has 2 aromatic rings. The molecule has 2 aliphatic rings. The molecule has 1 saturated carbocycles. The van der Waals surface area contributed by atoms with Crippen molar-refractivity contribution in [1.82, 2.24) is 14.9 Å². The number of ether oxygens (including phenoxy) is 1.